The Morgan fingerprint density at radius 2 is 0.619 bits per heavy atom. The minimum atomic E-state index is -0.274. The molecule has 2 aromatic heterocycles. The van der Waals surface area contributed by atoms with Gasteiger partial charge in [0.2, 0.25) is 0 Å². The van der Waals surface area contributed by atoms with Gasteiger partial charge in [-0.05, 0) is 235 Å². The fraction of sp³-hybridized carbons (Fsp3) is 0.262. The maximum absolute atomic E-state index is 11.6. The lowest BCUT2D eigenvalue weighted by Gasteiger charge is -2.45. The summed E-state index contributed by atoms with van der Waals surface area (Å²) in [5.41, 5.74) is 34.3. The van der Waals surface area contributed by atoms with Gasteiger partial charge in [-0.15, -0.1) is 0 Å². The van der Waals surface area contributed by atoms with E-state index in [9.17, 15) is 5.26 Å². The molecule has 5 nitrogen and oxygen atoms in total. The van der Waals surface area contributed by atoms with Crippen LogP contribution in [0.5, 0.6) is 0 Å². The van der Waals surface area contributed by atoms with Crippen LogP contribution in [0.15, 0.2) is 261 Å². The van der Waals surface area contributed by atoms with E-state index in [4.69, 9.17) is 0 Å². The first-order chi connectivity index (χ1) is 53.4. The van der Waals surface area contributed by atoms with Crippen molar-refractivity contribution < 1.29 is 0 Å². The average Bonchev–Trinajstić information content (AvgIpc) is 1.25. The molecule has 13 aromatic carbocycles. The van der Waals surface area contributed by atoms with Crippen molar-refractivity contribution in [2.45, 2.75) is 183 Å². The molecule has 0 fully saturated rings. The molecule has 113 heavy (non-hydrogen) atoms. The molecule has 0 aliphatic carbocycles. The van der Waals surface area contributed by atoms with Gasteiger partial charge in [0.15, 0.2) is 0 Å². The van der Waals surface area contributed by atoms with Crippen LogP contribution in [-0.4, -0.2) is 15.8 Å². The predicted octanol–water partition coefficient (Wildman–Crippen LogP) is 27.6. The Kier molecular flexibility index (Phi) is 17.3. The van der Waals surface area contributed by atoms with E-state index in [0.717, 1.165) is 112 Å². The quantitative estimate of drug-likeness (QED) is 0.142. The third-order valence-corrected chi connectivity index (χ3v) is 24.3. The Balaban J connectivity index is 1.06. The Hall–Kier alpha value is -11.4. The van der Waals surface area contributed by atoms with Crippen molar-refractivity contribution in [3.8, 4) is 62.0 Å². The molecular formula is C107H106BN5. The summed E-state index contributed by atoms with van der Waals surface area (Å²) in [6.45, 7) is 48.8. The van der Waals surface area contributed by atoms with Gasteiger partial charge in [0.25, 0.3) is 6.71 Å². The third kappa shape index (κ3) is 13.1. The van der Waals surface area contributed by atoms with Crippen LogP contribution < -0.4 is 26.2 Å². The maximum atomic E-state index is 11.6. The van der Waals surface area contributed by atoms with Crippen molar-refractivity contribution in [2.75, 3.05) is 9.80 Å². The number of aromatic nitrogens is 2. The van der Waals surface area contributed by atoms with Gasteiger partial charge in [0, 0.05) is 55.7 Å². The summed E-state index contributed by atoms with van der Waals surface area (Å²) < 4.78 is 4.91. The second-order valence-electron chi connectivity index (χ2n) is 39.6. The number of benzene rings is 13. The van der Waals surface area contributed by atoms with E-state index in [1.54, 1.807) is 0 Å². The lowest BCUT2D eigenvalue weighted by atomic mass is 9.33. The smallest absolute Gasteiger partial charge is 0.252 e. The fourth-order valence-electron chi connectivity index (χ4n) is 17.6. The van der Waals surface area contributed by atoms with Crippen molar-refractivity contribution >= 4 is 101 Å². The number of nitriles is 1. The molecule has 4 heterocycles. The monoisotopic (exact) mass is 1470 g/mol. The van der Waals surface area contributed by atoms with Crippen LogP contribution >= 0.6 is 0 Å². The number of nitrogens with zero attached hydrogens (tertiary/aromatic N) is 5. The third-order valence-electron chi connectivity index (χ3n) is 24.3. The molecule has 17 rings (SSSR count). The summed E-state index contributed by atoms with van der Waals surface area (Å²) in [4.78, 5) is 5.25. The largest absolute Gasteiger partial charge is 0.311 e. The number of hydrogen-bond donors (Lipinski definition) is 0. The van der Waals surface area contributed by atoms with Crippen LogP contribution in [0, 0.1) is 11.3 Å². The van der Waals surface area contributed by atoms with Crippen LogP contribution in [0.4, 0.5) is 34.1 Å². The normalized spacial score (nSPS) is 13.5. The molecule has 0 radical (unpaired) electrons. The molecule has 2 aliphatic heterocycles. The Bertz CT molecular complexity index is 6240. The molecular weight excluding hydrogens is 1370 g/mol. The van der Waals surface area contributed by atoms with Gasteiger partial charge in [-0.25, -0.2) is 0 Å². The highest BCUT2D eigenvalue weighted by molar-refractivity contribution is 7.00. The van der Waals surface area contributed by atoms with E-state index >= 15 is 0 Å². The molecule has 0 atom stereocenters. The first-order valence-corrected chi connectivity index (χ1v) is 40.7. The number of anilines is 6. The van der Waals surface area contributed by atoms with Crippen LogP contribution in [0.2, 0.25) is 0 Å². The summed E-state index contributed by atoms with van der Waals surface area (Å²) in [6.07, 6.45) is 0. The maximum Gasteiger partial charge on any atom is 0.252 e. The van der Waals surface area contributed by atoms with Crippen LogP contribution in [0.1, 0.15) is 190 Å². The summed E-state index contributed by atoms with van der Waals surface area (Å²) in [5.74, 6) is 0. The second kappa shape index (κ2) is 26.4. The average molecular weight is 1470 g/mol. The van der Waals surface area contributed by atoms with Gasteiger partial charge < -0.3 is 18.9 Å². The summed E-state index contributed by atoms with van der Waals surface area (Å²) in [5, 5.41) is 16.3. The van der Waals surface area contributed by atoms with Gasteiger partial charge in [-0.1, -0.05) is 309 Å². The Labute approximate surface area is 671 Å². The zero-order valence-electron chi connectivity index (χ0n) is 70.1. The molecule has 15 aromatic rings. The molecule has 0 saturated heterocycles. The van der Waals surface area contributed by atoms with Crippen LogP contribution in [0.3, 0.4) is 0 Å². The standard InChI is InChI=1S/C107H106BN5/c1-101(2,3)75-33-29-32-67(49-75)72-48-71(66-30-23-22-24-31-66)54-83(55-72)112-97-57-69(74-52-80(106(16,17)18)59-81(53-74)107(19,20)21)40-45-90(97)108-89-44-39-68(73-50-78(104(10,11)12)58-79(51-73)105(13,14)15)56-96(89)110(82-43-38-70(65-109)95(62-82)113-91-36-27-25-34-85(91)86-35-26-28-37-92(86)113)98-63-84(64-99(112)100(98)108)111-93-46-41-76(102(4,5)6)60-87(93)88-61-77(103(7,8)9)42-47-94(88)111/h22-64H,1-21H3. The van der Waals surface area contributed by atoms with E-state index < -0.39 is 0 Å². The summed E-state index contributed by atoms with van der Waals surface area (Å²) >= 11 is 0. The van der Waals surface area contributed by atoms with Crippen LogP contribution in [0.25, 0.3) is 99.5 Å². The SMILES string of the molecule is CC(C)(C)c1cccc(-c2cc(-c3ccccc3)cc(N3c4cc(-c5cc(C(C)(C)C)cc(C(C)(C)C)c5)ccc4B4c5ccc(-c6cc(C(C)(C)C)cc(C(C)(C)C)c6)cc5N(c5ccc(C#N)c(-n6c7ccccc7c7ccccc76)c5)c5cc(-n6c7ccc(C(C)(C)C)cc7c7cc(C(C)(C)C)ccc76)cc3c54)c2)c1. The van der Waals surface area contributed by atoms with Gasteiger partial charge in [0.1, 0.15) is 6.07 Å². The van der Waals surface area contributed by atoms with Gasteiger partial charge in [0.05, 0.1) is 39.0 Å². The molecule has 2 aliphatic rings. The van der Waals surface area contributed by atoms with E-state index in [0.29, 0.717) is 5.56 Å². The van der Waals surface area contributed by atoms with Crippen molar-refractivity contribution in [2.24, 2.45) is 0 Å². The minimum Gasteiger partial charge on any atom is -0.311 e. The molecule has 0 bridgehead atoms. The number of fused-ring (bicyclic) bond motifs is 10. The highest BCUT2D eigenvalue weighted by atomic mass is 15.2. The molecule has 6 heteroatoms. The fourth-order valence-corrected chi connectivity index (χ4v) is 17.6. The molecule has 562 valence electrons. The first-order valence-electron chi connectivity index (χ1n) is 40.7. The number of para-hydroxylation sites is 2. The molecule has 0 N–H and O–H groups in total. The molecule has 0 saturated carbocycles. The lowest BCUT2D eigenvalue weighted by Crippen LogP contribution is -2.61. The molecule has 0 unspecified atom stereocenters. The molecule has 0 spiro atoms. The number of hydrogen-bond acceptors (Lipinski definition) is 3. The van der Waals surface area contributed by atoms with Crippen LogP contribution in [-0.2, 0) is 37.9 Å². The van der Waals surface area contributed by atoms with Gasteiger partial charge >= 0.3 is 0 Å². The highest BCUT2D eigenvalue weighted by Crippen LogP contribution is 2.52. The molecule has 0 amide bonds. The zero-order chi connectivity index (χ0) is 79.7. The van der Waals surface area contributed by atoms with E-state index in [1.807, 2.05) is 0 Å². The highest BCUT2D eigenvalue weighted by Gasteiger charge is 2.45. The topological polar surface area (TPSA) is 40.1 Å². The van der Waals surface area contributed by atoms with Gasteiger partial charge in [-0.2, -0.15) is 5.26 Å². The van der Waals surface area contributed by atoms with Gasteiger partial charge in [-0.3, -0.25) is 0 Å². The Morgan fingerprint density at radius 1 is 0.239 bits per heavy atom. The number of rotatable bonds is 8. The van der Waals surface area contributed by atoms with Crippen molar-refractivity contribution in [3.05, 3.63) is 305 Å². The lowest BCUT2D eigenvalue weighted by molar-refractivity contribution is 0.568. The second-order valence-corrected chi connectivity index (χ2v) is 39.6. The summed E-state index contributed by atoms with van der Waals surface area (Å²) in [6, 6.07) is 103. The Morgan fingerprint density at radius 3 is 1.08 bits per heavy atom. The predicted molar refractivity (Wildman–Crippen MR) is 487 cm³/mol. The van der Waals surface area contributed by atoms with E-state index in [1.165, 1.54) is 77.2 Å². The van der Waals surface area contributed by atoms with E-state index in [-0.39, 0.29) is 44.6 Å². The van der Waals surface area contributed by atoms with Crippen molar-refractivity contribution in [3.63, 3.8) is 0 Å². The minimum absolute atomic E-state index is 0.0902. The summed E-state index contributed by atoms with van der Waals surface area (Å²) in [7, 11) is 0. The first kappa shape index (κ1) is 74.4. The van der Waals surface area contributed by atoms with Crippen molar-refractivity contribution in [1.29, 1.82) is 5.26 Å². The van der Waals surface area contributed by atoms with E-state index in [2.05, 4.69) is 431 Å². The zero-order valence-corrected chi connectivity index (χ0v) is 70.1. The van der Waals surface area contributed by atoms with Crippen molar-refractivity contribution in [1.82, 2.24) is 9.13 Å².